The van der Waals surface area contributed by atoms with E-state index in [2.05, 4.69) is 5.10 Å². The van der Waals surface area contributed by atoms with Gasteiger partial charge in [-0.1, -0.05) is 43.3 Å². The molecule has 2 unspecified atom stereocenters. The zero-order chi connectivity index (χ0) is 23.9. The second-order valence-electron chi connectivity index (χ2n) is 8.56. The lowest BCUT2D eigenvalue weighted by atomic mass is 9.90. The summed E-state index contributed by atoms with van der Waals surface area (Å²) in [6, 6.07) is 12.8. The molecule has 2 atom stereocenters. The van der Waals surface area contributed by atoms with Crippen molar-refractivity contribution in [2.45, 2.75) is 32.4 Å². The summed E-state index contributed by atoms with van der Waals surface area (Å²) < 4.78 is 16.4. The number of ether oxygens (including phenoxy) is 3. The molecule has 0 radical (unpaired) electrons. The first-order valence-corrected chi connectivity index (χ1v) is 11.8. The van der Waals surface area contributed by atoms with Crippen LogP contribution in [-0.4, -0.2) is 62.1 Å². The van der Waals surface area contributed by atoms with Gasteiger partial charge in [0.15, 0.2) is 12.0 Å². The molecule has 8 nitrogen and oxygen atoms in total. The van der Waals surface area contributed by atoms with Crippen LogP contribution in [-0.2, 0) is 20.7 Å². The largest absolute Gasteiger partial charge is 0.475 e. The predicted octanol–water partition coefficient (Wildman–Crippen LogP) is 2.76. The highest BCUT2D eigenvalue weighted by Gasteiger charge is 2.30. The average molecular weight is 466 g/mol. The van der Waals surface area contributed by atoms with E-state index in [1.165, 1.54) is 0 Å². The molecule has 8 heteroatoms. The minimum absolute atomic E-state index is 0.0955. The summed E-state index contributed by atoms with van der Waals surface area (Å²) in [5.41, 5.74) is 9.14. The molecule has 4 rings (SSSR count). The number of fused-ring (bicyclic) bond motifs is 1. The Balaban J connectivity index is 1.39. The number of esters is 1. The summed E-state index contributed by atoms with van der Waals surface area (Å²) in [5, 5.41) is 6.44. The third-order valence-electron chi connectivity index (χ3n) is 5.97. The van der Waals surface area contributed by atoms with Crippen LogP contribution in [0.15, 0.2) is 47.6 Å². The van der Waals surface area contributed by atoms with Crippen LogP contribution in [0.5, 0.6) is 5.75 Å². The van der Waals surface area contributed by atoms with E-state index in [9.17, 15) is 9.59 Å². The number of hydrazone groups is 1. The van der Waals surface area contributed by atoms with E-state index < -0.39 is 6.23 Å². The summed E-state index contributed by atoms with van der Waals surface area (Å²) >= 11 is 0. The number of nitrogens with two attached hydrogens (primary N) is 1. The molecule has 2 heterocycles. The summed E-state index contributed by atoms with van der Waals surface area (Å²) in [6.07, 6.45) is 2.76. The number of carbonyl (C=O) groups excluding carboxylic acids is 2. The van der Waals surface area contributed by atoms with E-state index in [1.54, 1.807) is 30.5 Å². The Labute approximate surface area is 199 Å². The standard InChI is InChI=1S/C26H31N3O5/c1-2-11-33-24(30)16-22-14-20-7-8-21(15-23(20)34-26(22)27)25(31)19-5-3-18(4-6-19)17-28-29-9-12-32-13-10-29/h3-8,15,17,22,26H,2,9-14,16,27H2,1H3. The first-order valence-electron chi connectivity index (χ1n) is 11.8. The highest BCUT2D eigenvalue weighted by Crippen LogP contribution is 2.32. The van der Waals surface area contributed by atoms with Gasteiger partial charge >= 0.3 is 5.97 Å². The molecule has 0 saturated carbocycles. The van der Waals surface area contributed by atoms with E-state index >= 15 is 0 Å². The number of ketones is 1. The van der Waals surface area contributed by atoms with E-state index in [1.807, 2.05) is 30.1 Å². The molecule has 0 bridgehead atoms. The number of benzene rings is 2. The van der Waals surface area contributed by atoms with Gasteiger partial charge in [-0.2, -0.15) is 5.10 Å². The average Bonchev–Trinajstić information content (AvgIpc) is 2.87. The van der Waals surface area contributed by atoms with Gasteiger partial charge in [-0.15, -0.1) is 0 Å². The Morgan fingerprint density at radius 3 is 2.62 bits per heavy atom. The zero-order valence-electron chi connectivity index (χ0n) is 19.4. The fraction of sp³-hybridized carbons (Fsp3) is 0.423. The molecule has 2 aliphatic rings. The van der Waals surface area contributed by atoms with Crippen LogP contribution in [0.2, 0.25) is 0 Å². The summed E-state index contributed by atoms with van der Waals surface area (Å²) in [5.74, 6) is 0.0670. The van der Waals surface area contributed by atoms with E-state index in [0.29, 0.717) is 43.1 Å². The van der Waals surface area contributed by atoms with Crippen LogP contribution in [0.3, 0.4) is 0 Å². The molecule has 0 aromatic heterocycles. The highest BCUT2D eigenvalue weighted by molar-refractivity contribution is 6.09. The Morgan fingerprint density at radius 1 is 1.15 bits per heavy atom. The third-order valence-corrected chi connectivity index (χ3v) is 5.97. The van der Waals surface area contributed by atoms with Crippen molar-refractivity contribution in [1.82, 2.24) is 5.01 Å². The molecule has 0 spiro atoms. The molecule has 2 aliphatic heterocycles. The van der Waals surface area contributed by atoms with Crippen LogP contribution in [0.25, 0.3) is 0 Å². The van der Waals surface area contributed by atoms with E-state index in [0.717, 1.165) is 30.6 Å². The van der Waals surface area contributed by atoms with Crippen LogP contribution < -0.4 is 10.5 Å². The number of morpholine rings is 1. The first kappa shape index (κ1) is 23.9. The maximum absolute atomic E-state index is 13.0. The second-order valence-corrected chi connectivity index (χ2v) is 8.56. The van der Waals surface area contributed by atoms with E-state index in [-0.39, 0.29) is 24.1 Å². The van der Waals surface area contributed by atoms with Gasteiger partial charge in [0.2, 0.25) is 0 Å². The minimum atomic E-state index is -0.628. The number of nitrogens with zero attached hydrogens (tertiary/aromatic N) is 2. The predicted molar refractivity (Wildman–Crippen MR) is 128 cm³/mol. The van der Waals surface area contributed by atoms with Crippen LogP contribution >= 0.6 is 0 Å². The van der Waals surface area contributed by atoms with Crippen LogP contribution in [0.1, 0.15) is 46.8 Å². The highest BCUT2D eigenvalue weighted by atomic mass is 16.5. The molecule has 0 aliphatic carbocycles. The Kier molecular flexibility index (Phi) is 7.92. The fourth-order valence-corrected chi connectivity index (χ4v) is 4.00. The van der Waals surface area contributed by atoms with Gasteiger partial charge in [-0.3, -0.25) is 20.3 Å². The lowest BCUT2D eigenvalue weighted by Crippen LogP contribution is -2.41. The molecular weight excluding hydrogens is 434 g/mol. The number of hydrogen-bond acceptors (Lipinski definition) is 8. The molecular formula is C26H31N3O5. The first-order chi connectivity index (χ1) is 16.5. The van der Waals surface area contributed by atoms with Gasteiger partial charge in [0.05, 0.1) is 45.5 Å². The van der Waals surface area contributed by atoms with Crippen molar-refractivity contribution in [2.24, 2.45) is 16.8 Å². The quantitative estimate of drug-likeness (QED) is 0.363. The SMILES string of the molecule is CCCOC(=O)CC1Cc2ccc(C(=O)c3ccc(C=NN4CCOCC4)cc3)cc2OC1N. The summed E-state index contributed by atoms with van der Waals surface area (Å²) in [6.45, 7) is 5.29. The van der Waals surface area contributed by atoms with E-state index in [4.69, 9.17) is 19.9 Å². The lowest BCUT2D eigenvalue weighted by molar-refractivity contribution is -0.145. The van der Waals surface area contributed by atoms with Crippen molar-refractivity contribution < 1.29 is 23.8 Å². The van der Waals surface area contributed by atoms with Crippen molar-refractivity contribution in [3.8, 4) is 5.75 Å². The lowest BCUT2D eigenvalue weighted by Gasteiger charge is -2.30. The van der Waals surface area contributed by atoms with Crippen LogP contribution in [0.4, 0.5) is 0 Å². The summed E-state index contributed by atoms with van der Waals surface area (Å²) in [7, 11) is 0. The zero-order valence-corrected chi connectivity index (χ0v) is 19.4. The third kappa shape index (κ3) is 6.01. The Morgan fingerprint density at radius 2 is 1.88 bits per heavy atom. The van der Waals surface area contributed by atoms with Crippen molar-refractivity contribution >= 4 is 18.0 Å². The van der Waals surface area contributed by atoms with Gasteiger partial charge in [0.25, 0.3) is 0 Å². The number of carbonyl (C=O) groups is 2. The Bertz CT molecular complexity index is 1030. The topological polar surface area (TPSA) is 103 Å². The van der Waals surface area contributed by atoms with Crippen LogP contribution in [0, 0.1) is 5.92 Å². The molecule has 0 amide bonds. The monoisotopic (exact) mass is 465 g/mol. The molecule has 2 aromatic carbocycles. The van der Waals surface area contributed by atoms with Gasteiger partial charge in [-0.05, 0) is 30.0 Å². The maximum Gasteiger partial charge on any atom is 0.306 e. The minimum Gasteiger partial charge on any atom is -0.475 e. The number of hydrogen-bond donors (Lipinski definition) is 1. The van der Waals surface area contributed by atoms with Crippen molar-refractivity contribution in [1.29, 1.82) is 0 Å². The molecule has 1 fully saturated rings. The summed E-state index contributed by atoms with van der Waals surface area (Å²) in [4.78, 5) is 25.0. The van der Waals surface area contributed by atoms with Gasteiger partial charge in [0, 0.05) is 17.0 Å². The van der Waals surface area contributed by atoms with Gasteiger partial charge in [0.1, 0.15) is 5.75 Å². The molecule has 34 heavy (non-hydrogen) atoms. The van der Waals surface area contributed by atoms with Crippen molar-refractivity contribution in [3.05, 3.63) is 64.7 Å². The Hall–Kier alpha value is -3.23. The van der Waals surface area contributed by atoms with Gasteiger partial charge in [-0.25, -0.2) is 0 Å². The second kappa shape index (κ2) is 11.3. The van der Waals surface area contributed by atoms with Gasteiger partial charge < -0.3 is 14.2 Å². The van der Waals surface area contributed by atoms with Crippen molar-refractivity contribution in [3.63, 3.8) is 0 Å². The fourth-order valence-electron chi connectivity index (χ4n) is 4.00. The van der Waals surface area contributed by atoms with Crippen molar-refractivity contribution in [2.75, 3.05) is 32.9 Å². The smallest absolute Gasteiger partial charge is 0.306 e. The molecule has 2 aromatic rings. The normalized spacial score (nSPS) is 20.0. The number of rotatable bonds is 8. The molecule has 180 valence electrons. The molecule has 2 N–H and O–H groups in total. The molecule has 1 saturated heterocycles. The maximum atomic E-state index is 13.0.